The van der Waals surface area contributed by atoms with Gasteiger partial charge in [-0.25, -0.2) is 9.37 Å². The molecule has 0 unspecified atom stereocenters. The average molecular weight is 378 g/mol. The van der Waals surface area contributed by atoms with Crippen LogP contribution >= 0.6 is 11.6 Å². The summed E-state index contributed by atoms with van der Waals surface area (Å²) in [6.45, 7) is 6.83. The first-order chi connectivity index (χ1) is 12.5. The quantitative estimate of drug-likeness (QED) is 0.887. The SMILES string of the molecule is CCNc1nc(C)cc(N2CCN(C(=O)c3c(F)cccc3Cl)CC2)n1. The Morgan fingerprint density at radius 1 is 1.27 bits per heavy atom. The number of anilines is 2. The molecule has 1 aliphatic rings. The van der Waals surface area contributed by atoms with Gasteiger partial charge in [0.25, 0.3) is 5.91 Å². The molecule has 26 heavy (non-hydrogen) atoms. The Morgan fingerprint density at radius 2 is 2.00 bits per heavy atom. The number of nitrogens with one attached hydrogen (secondary N) is 1. The highest BCUT2D eigenvalue weighted by molar-refractivity contribution is 6.33. The lowest BCUT2D eigenvalue weighted by atomic mass is 10.1. The van der Waals surface area contributed by atoms with Crippen molar-refractivity contribution in [1.82, 2.24) is 14.9 Å². The molecule has 1 aromatic heterocycles. The van der Waals surface area contributed by atoms with Gasteiger partial charge < -0.3 is 15.1 Å². The first kappa shape index (κ1) is 18.4. The molecule has 3 rings (SSSR count). The summed E-state index contributed by atoms with van der Waals surface area (Å²) in [6, 6.07) is 6.19. The number of halogens is 2. The Bertz CT molecular complexity index is 788. The molecule has 0 aliphatic carbocycles. The lowest BCUT2D eigenvalue weighted by Crippen LogP contribution is -2.49. The number of nitrogens with zero attached hydrogens (tertiary/aromatic N) is 4. The van der Waals surface area contributed by atoms with Gasteiger partial charge in [0.05, 0.1) is 10.6 Å². The van der Waals surface area contributed by atoms with Crippen molar-refractivity contribution in [2.75, 3.05) is 42.9 Å². The Hall–Kier alpha value is -2.41. The van der Waals surface area contributed by atoms with Crippen molar-refractivity contribution in [3.63, 3.8) is 0 Å². The molecule has 1 N–H and O–H groups in total. The van der Waals surface area contributed by atoms with Crippen LogP contribution in [-0.2, 0) is 0 Å². The van der Waals surface area contributed by atoms with Crippen molar-refractivity contribution in [2.24, 2.45) is 0 Å². The van der Waals surface area contributed by atoms with Crippen LogP contribution in [0.1, 0.15) is 23.0 Å². The van der Waals surface area contributed by atoms with Crippen LogP contribution in [0.15, 0.2) is 24.3 Å². The van der Waals surface area contributed by atoms with E-state index < -0.39 is 5.82 Å². The van der Waals surface area contributed by atoms with E-state index in [0.29, 0.717) is 32.1 Å². The fourth-order valence-corrected chi connectivity index (χ4v) is 3.19. The second-order valence-corrected chi connectivity index (χ2v) is 6.50. The van der Waals surface area contributed by atoms with Crippen LogP contribution < -0.4 is 10.2 Å². The fraction of sp³-hybridized carbons (Fsp3) is 0.389. The van der Waals surface area contributed by atoms with Crippen molar-refractivity contribution in [3.05, 3.63) is 46.4 Å². The average Bonchev–Trinajstić information content (AvgIpc) is 2.61. The van der Waals surface area contributed by atoms with Gasteiger partial charge >= 0.3 is 0 Å². The minimum absolute atomic E-state index is 0.0603. The summed E-state index contributed by atoms with van der Waals surface area (Å²) in [5, 5.41) is 3.26. The van der Waals surface area contributed by atoms with E-state index in [9.17, 15) is 9.18 Å². The topological polar surface area (TPSA) is 61.4 Å². The van der Waals surface area contributed by atoms with Crippen LogP contribution in [0.5, 0.6) is 0 Å². The predicted molar refractivity (Wildman–Crippen MR) is 100 cm³/mol. The number of benzene rings is 1. The smallest absolute Gasteiger partial charge is 0.258 e. The van der Waals surface area contributed by atoms with Crippen LogP contribution in [0.2, 0.25) is 5.02 Å². The van der Waals surface area contributed by atoms with Crippen LogP contribution in [0.4, 0.5) is 16.2 Å². The Balaban J connectivity index is 1.70. The molecule has 8 heteroatoms. The molecular formula is C18H21ClFN5O. The number of amides is 1. The van der Waals surface area contributed by atoms with Crippen molar-refractivity contribution >= 4 is 29.3 Å². The molecule has 1 saturated heterocycles. The van der Waals surface area contributed by atoms with Crippen LogP contribution in [0.25, 0.3) is 0 Å². The van der Waals surface area contributed by atoms with Gasteiger partial charge in [-0.15, -0.1) is 0 Å². The maximum atomic E-state index is 14.0. The summed E-state index contributed by atoms with van der Waals surface area (Å²) in [7, 11) is 0. The number of piperazine rings is 1. The third kappa shape index (κ3) is 3.88. The lowest BCUT2D eigenvalue weighted by molar-refractivity contribution is 0.0742. The van der Waals surface area contributed by atoms with Gasteiger partial charge in [0.2, 0.25) is 5.95 Å². The second kappa shape index (κ2) is 7.86. The molecule has 6 nitrogen and oxygen atoms in total. The zero-order chi connectivity index (χ0) is 18.7. The standard InChI is InChI=1S/C18H21ClFN5O/c1-3-21-18-22-12(2)11-15(23-18)24-7-9-25(10-8-24)17(26)16-13(19)5-4-6-14(16)20/h4-6,11H,3,7-10H2,1-2H3,(H,21,22,23). The Morgan fingerprint density at radius 3 is 2.65 bits per heavy atom. The van der Waals surface area contributed by atoms with Gasteiger partial charge in [-0.05, 0) is 26.0 Å². The van der Waals surface area contributed by atoms with E-state index in [0.717, 1.165) is 18.1 Å². The molecular weight excluding hydrogens is 357 g/mol. The highest BCUT2D eigenvalue weighted by atomic mass is 35.5. The number of rotatable bonds is 4. The number of hydrogen-bond acceptors (Lipinski definition) is 5. The molecule has 1 aromatic carbocycles. The molecule has 0 spiro atoms. The minimum atomic E-state index is -0.591. The normalized spacial score (nSPS) is 14.5. The van der Waals surface area contributed by atoms with Crippen molar-refractivity contribution in [3.8, 4) is 0 Å². The first-order valence-electron chi connectivity index (χ1n) is 8.57. The van der Waals surface area contributed by atoms with E-state index in [2.05, 4.69) is 20.2 Å². The van der Waals surface area contributed by atoms with Gasteiger partial charge in [0, 0.05) is 44.5 Å². The molecule has 1 aliphatic heterocycles. The monoisotopic (exact) mass is 377 g/mol. The van der Waals surface area contributed by atoms with E-state index in [-0.39, 0.29) is 16.5 Å². The van der Waals surface area contributed by atoms with Crippen LogP contribution in [0, 0.1) is 12.7 Å². The van der Waals surface area contributed by atoms with Gasteiger partial charge in [-0.3, -0.25) is 4.79 Å². The first-order valence-corrected chi connectivity index (χ1v) is 8.95. The summed E-state index contributed by atoms with van der Waals surface area (Å²) in [6.07, 6.45) is 0. The highest BCUT2D eigenvalue weighted by Crippen LogP contribution is 2.23. The number of hydrogen-bond donors (Lipinski definition) is 1. The summed E-state index contributed by atoms with van der Waals surface area (Å²) < 4.78 is 14.0. The summed E-state index contributed by atoms with van der Waals surface area (Å²) >= 11 is 6.01. The van der Waals surface area contributed by atoms with E-state index >= 15 is 0 Å². The van der Waals surface area contributed by atoms with Gasteiger partial charge in [0.1, 0.15) is 11.6 Å². The molecule has 0 bridgehead atoms. The van der Waals surface area contributed by atoms with Gasteiger partial charge in [-0.1, -0.05) is 17.7 Å². The zero-order valence-corrected chi connectivity index (χ0v) is 15.6. The zero-order valence-electron chi connectivity index (χ0n) is 14.8. The van der Waals surface area contributed by atoms with E-state index in [4.69, 9.17) is 11.6 Å². The molecule has 0 atom stereocenters. The van der Waals surface area contributed by atoms with Crippen molar-refractivity contribution in [2.45, 2.75) is 13.8 Å². The molecule has 0 radical (unpaired) electrons. The number of carbonyl (C=O) groups is 1. The predicted octanol–water partition coefficient (Wildman–Crippen LogP) is 2.97. The minimum Gasteiger partial charge on any atom is -0.354 e. The molecule has 2 aromatic rings. The number of aromatic nitrogens is 2. The highest BCUT2D eigenvalue weighted by Gasteiger charge is 2.26. The van der Waals surface area contributed by atoms with E-state index in [1.54, 1.807) is 4.90 Å². The lowest BCUT2D eigenvalue weighted by Gasteiger charge is -2.35. The largest absolute Gasteiger partial charge is 0.354 e. The van der Waals surface area contributed by atoms with E-state index in [1.807, 2.05) is 19.9 Å². The van der Waals surface area contributed by atoms with Crippen LogP contribution in [-0.4, -0.2) is 53.5 Å². The Labute approximate surface area is 157 Å². The summed E-state index contributed by atoms with van der Waals surface area (Å²) in [5.74, 6) is 0.454. The van der Waals surface area contributed by atoms with E-state index in [1.165, 1.54) is 18.2 Å². The second-order valence-electron chi connectivity index (χ2n) is 6.10. The molecule has 1 amide bonds. The molecule has 0 saturated carbocycles. The number of carbonyl (C=O) groups excluding carboxylic acids is 1. The van der Waals surface area contributed by atoms with Crippen LogP contribution in [0.3, 0.4) is 0 Å². The van der Waals surface area contributed by atoms with Gasteiger partial charge in [-0.2, -0.15) is 4.98 Å². The molecule has 138 valence electrons. The third-order valence-electron chi connectivity index (χ3n) is 4.24. The number of aryl methyl sites for hydroxylation is 1. The Kier molecular flexibility index (Phi) is 5.56. The fourth-order valence-electron chi connectivity index (χ4n) is 2.95. The third-order valence-corrected chi connectivity index (χ3v) is 4.56. The van der Waals surface area contributed by atoms with Crippen molar-refractivity contribution < 1.29 is 9.18 Å². The maximum Gasteiger partial charge on any atom is 0.258 e. The molecule has 2 heterocycles. The van der Waals surface area contributed by atoms with Crippen molar-refractivity contribution in [1.29, 1.82) is 0 Å². The summed E-state index contributed by atoms with van der Waals surface area (Å²) in [5.41, 5.74) is 0.817. The summed E-state index contributed by atoms with van der Waals surface area (Å²) in [4.78, 5) is 25.2. The molecule has 1 fully saturated rings. The van der Waals surface area contributed by atoms with Gasteiger partial charge in [0.15, 0.2) is 0 Å². The maximum absolute atomic E-state index is 14.0.